The average molecular weight is 326 g/mol. The Kier molecular flexibility index (Phi) is 2.69. The topological polar surface area (TPSA) is 27.1 Å². The highest BCUT2D eigenvalue weighted by Crippen LogP contribution is 2.28. The molecule has 0 N–H and O–H groups in total. The zero-order chi connectivity index (χ0) is 11.0. The summed E-state index contributed by atoms with van der Waals surface area (Å²) in [5, 5.41) is 4.65. The number of nitrogens with zero attached hydrogens (tertiary/aromatic N) is 2. The van der Waals surface area contributed by atoms with Gasteiger partial charge in [-0.25, -0.2) is 0 Å². The van der Waals surface area contributed by atoms with E-state index in [2.05, 4.69) is 44.5 Å². The van der Waals surface area contributed by atoms with Crippen LogP contribution in [0.1, 0.15) is 5.69 Å². The number of halogens is 1. The average Bonchev–Trinajstić information content (AvgIpc) is 2.69. The van der Waals surface area contributed by atoms with Gasteiger partial charge < -0.3 is 4.74 Å². The molecule has 4 heteroatoms. The number of aromatic nitrogens is 2. The van der Waals surface area contributed by atoms with Crippen LogP contribution >= 0.6 is 22.6 Å². The van der Waals surface area contributed by atoms with E-state index in [1.54, 1.807) is 0 Å². The molecule has 0 radical (unpaired) electrons. The Hall–Kier alpha value is -0.880. The van der Waals surface area contributed by atoms with Crippen molar-refractivity contribution in [2.75, 3.05) is 6.61 Å². The van der Waals surface area contributed by atoms with Gasteiger partial charge in [0.1, 0.15) is 5.69 Å². The summed E-state index contributed by atoms with van der Waals surface area (Å²) < 4.78 is 8.74. The minimum atomic E-state index is 0.679. The van der Waals surface area contributed by atoms with Crippen molar-refractivity contribution in [1.82, 2.24) is 9.78 Å². The number of ether oxygens (including phenoxy) is 1. The van der Waals surface area contributed by atoms with E-state index in [0.29, 0.717) is 6.61 Å². The second-order valence-electron chi connectivity index (χ2n) is 3.75. The van der Waals surface area contributed by atoms with E-state index in [4.69, 9.17) is 4.74 Å². The first kappa shape index (κ1) is 10.3. The van der Waals surface area contributed by atoms with Gasteiger partial charge in [0.25, 0.3) is 0 Å². The van der Waals surface area contributed by atoms with E-state index >= 15 is 0 Å². The van der Waals surface area contributed by atoms with Crippen molar-refractivity contribution in [1.29, 1.82) is 0 Å². The molecule has 0 unspecified atom stereocenters. The number of benzene rings is 1. The lowest BCUT2D eigenvalue weighted by molar-refractivity contribution is 0.0795. The highest BCUT2D eigenvalue weighted by atomic mass is 127. The molecule has 2 aromatic rings. The number of fused-ring (bicyclic) bond motifs is 1. The van der Waals surface area contributed by atoms with Gasteiger partial charge in [0, 0.05) is 5.56 Å². The molecule has 16 heavy (non-hydrogen) atoms. The van der Waals surface area contributed by atoms with E-state index in [1.165, 1.54) is 14.8 Å². The maximum absolute atomic E-state index is 5.46. The van der Waals surface area contributed by atoms with Crippen LogP contribution in [0, 0.1) is 3.57 Å². The Balaban J connectivity index is 2.12. The van der Waals surface area contributed by atoms with Crippen LogP contribution in [0.15, 0.2) is 30.3 Å². The summed E-state index contributed by atoms with van der Waals surface area (Å²) in [6.45, 7) is 2.30. The Morgan fingerprint density at radius 2 is 2.06 bits per heavy atom. The van der Waals surface area contributed by atoms with Crippen molar-refractivity contribution in [2.24, 2.45) is 0 Å². The highest BCUT2D eigenvalue weighted by Gasteiger charge is 2.19. The summed E-state index contributed by atoms with van der Waals surface area (Å²) in [6.07, 6.45) is 0. The van der Waals surface area contributed by atoms with Crippen molar-refractivity contribution in [3.05, 3.63) is 39.6 Å². The molecular weight excluding hydrogens is 315 g/mol. The minimum Gasteiger partial charge on any atom is -0.373 e. The van der Waals surface area contributed by atoms with Crippen molar-refractivity contribution in [3.8, 4) is 11.3 Å². The highest BCUT2D eigenvalue weighted by molar-refractivity contribution is 14.1. The van der Waals surface area contributed by atoms with Gasteiger partial charge in [0.05, 0.1) is 29.0 Å². The standard InChI is InChI=1S/C12H11IN2O/c13-11-10-8-16-7-6-15(10)14-12(11)9-4-2-1-3-5-9/h1-5H,6-8H2. The number of hydrogen-bond donors (Lipinski definition) is 0. The molecule has 3 nitrogen and oxygen atoms in total. The van der Waals surface area contributed by atoms with Crippen LogP contribution < -0.4 is 0 Å². The van der Waals surface area contributed by atoms with Crippen molar-refractivity contribution < 1.29 is 4.74 Å². The van der Waals surface area contributed by atoms with Crippen LogP contribution in [-0.4, -0.2) is 16.4 Å². The molecule has 0 amide bonds. The molecule has 1 aliphatic rings. The summed E-state index contributed by atoms with van der Waals surface area (Å²) in [6, 6.07) is 10.3. The summed E-state index contributed by atoms with van der Waals surface area (Å²) in [5.41, 5.74) is 3.45. The Morgan fingerprint density at radius 3 is 2.81 bits per heavy atom. The summed E-state index contributed by atoms with van der Waals surface area (Å²) in [5.74, 6) is 0. The van der Waals surface area contributed by atoms with Crippen molar-refractivity contribution in [2.45, 2.75) is 13.2 Å². The van der Waals surface area contributed by atoms with Crippen LogP contribution in [-0.2, 0) is 17.9 Å². The van der Waals surface area contributed by atoms with E-state index in [0.717, 1.165) is 18.8 Å². The van der Waals surface area contributed by atoms with Crippen molar-refractivity contribution in [3.63, 3.8) is 0 Å². The monoisotopic (exact) mass is 326 g/mol. The largest absolute Gasteiger partial charge is 0.373 e. The van der Waals surface area contributed by atoms with Gasteiger partial charge in [0.2, 0.25) is 0 Å². The lowest BCUT2D eigenvalue weighted by Gasteiger charge is -2.13. The molecule has 0 spiro atoms. The van der Waals surface area contributed by atoms with E-state index in [1.807, 2.05) is 18.2 Å². The predicted octanol–water partition coefficient (Wildman–Crippen LogP) is 2.68. The fourth-order valence-corrected chi connectivity index (χ4v) is 2.75. The first-order valence-corrected chi connectivity index (χ1v) is 6.32. The normalized spacial score (nSPS) is 14.8. The molecule has 82 valence electrons. The maximum Gasteiger partial charge on any atom is 0.106 e. The third-order valence-corrected chi connectivity index (χ3v) is 3.86. The molecule has 3 rings (SSSR count). The predicted molar refractivity (Wildman–Crippen MR) is 70.0 cm³/mol. The van der Waals surface area contributed by atoms with Gasteiger partial charge >= 0.3 is 0 Å². The fourth-order valence-electron chi connectivity index (χ4n) is 1.90. The summed E-state index contributed by atoms with van der Waals surface area (Å²) in [7, 11) is 0. The first-order chi connectivity index (χ1) is 7.86. The molecule has 2 heterocycles. The zero-order valence-electron chi connectivity index (χ0n) is 8.69. The quantitative estimate of drug-likeness (QED) is 0.754. The van der Waals surface area contributed by atoms with Gasteiger partial charge in [-0.05, 0) is 22.6 Å². The van der Waals surface area contributed by atoms with Gasteiger partial charge in [-0.3, -0.25) is 4.68 Å². The molecule has 0 saturated heterocycles. The van der Waals surface area contributed by atoms with Gasteiger partial charge in [-0.15, -0.1) is 0 Å². The number of rotatable bonds is 1. The second-order valence-corrected chi connectivity index (χ2v) is 4.83. The second kappa shape index (κ2) is 4.18. The van der Waals surface area contributed by atoms with Gasteiger partial charge in [-0.1, -0.05) is 30.3 Å². The van der Waals surface area contributed by atoms with Gasteiger partial charge in [-0.2, -0.15) is 5.10 Å². The minimum absolute atomic E-state index is 0.679. The SMILES string of the molecule is Ic1c(-c2ccccc2)nn2c1COCC2. The van der Waals surface area contributed by atoms with Crippen LogP contribution in [0.3, 0.4) is 0 Å². The lowest BCUT2D eigenvalue weighted by atomic mass is 10.1. The van der Waals surface area contributed by atoms with Crippen molar-refractivity contribution >= 4 is 22.6 Å². The molecule has 1 aromatic carbocycles. The molecule has 0 atom stereocenters. The summed E-state index contributed by atoms with van der Waals surface area (Å²) >= 11 is 2.36. The molecule has 1 aliphatic heterocycles. The van der Waals surface area contributed by atoms with Crippen LogP contribution in [0.5, 0.6) is 0 Å². The maximum atomic E-state index is 5.46. The third kappa shape index (κ3) is 1.66. The third-order valence-electron chi connectivity index (χ3n) is 2.73. The van der Waals surface area contributed by atoms with E-state index < -0.39 is 0 Å². The molecule has 0 aliphatic carbocycles. The number of hydrogen-bond acceptors (Lipinski definition) is 2. The molecular formula is C12H11IN2O. The Bertz CT molecular complexity index is 507. The molecule has 1 aromatic heterocycles. The Morgan fingerprint density at radius 1 is 1.25 bits per heavy atom. The Labute approximate surface area is 108 Å². The molecule has 0 bridgehead atoms. The van der Waals surface area contributed by atoms with Gasteiger partial charge in [0.15, 0.2) is 0 Å². The molecule has 0 fully saturated rings. The summed E-state index contributed by atoms with van der Waals surface area (Å²) in [4.78, 5) is 0. The van der Waals surface area contributed by atoms with E-state index in [9.17, 15) is 0 Å². The van der Waals surface area contributed by atoms with Crippen LogP contribution in [0.2, 0.25) is 0 Å². The smallest absolute Gasteiger partial charge is 0.106 e. The van der Waals surface area contributed by atoms with Crippen LogP contribution in [0.4, 0.5) is 0 Å². The zero-order valence-corrected chi connectivity index (χ0v) is 10.8. The molecule has 0 saturated carbocycles. The lowest BCUT2D eigenvalue weighted by Crippen LogP contribution is -2.17. The van der Waals surface area contributed by atoms with E-state index in [-0.39, 0.29) is 0 Å². The van der Waals surface area contributed by atoms with Crippen LogP contribution in [0.25, 0.3) is 11.3 Å². The fraction of sp³-hybridized carbons (Fsp3) is 0.250. The first-order valence-electron chi connectivity index (χ1n) is 5.24.